The van der Waals surface area contributed by atoms with Gasteiger partial charge in [-0.2, -0.15) is 5.10 Å². The third kappa shape index (κ3) is 4.46. The molecule has 0 amide bonds. The topological polar surface area (TPSA) is 64.0 Å². The van der Waals surface area contributed by atoms with Crippen molar-refractivity contribution in [1.29, 1.82) is 0 Å². The lowest BCUT2D eigenvalue weighted by Gasteiger charge is -2.07. The lowest BCUT2D eigenvalue weighted by Crippen LogP contribution is -2.28. The summed E-state index contributed by atoms with van der Waals surface area (Å²) in [6.07, 6.45) is 3.39. The van der Waals surface area contributed by atoms with Crippen LogP contribution in [0.25, 0.3) is 0 Å². The van der Waals surface area contributed by atoms with Crippen molar-refractivity contribution in [3.63, 3.8) is 0 Å². The highest BCUT2D eigenvalue weighted by atomic mass is 32.2. The van der Waals surface area contributed by atoms with Crippen molar-refractivity contribution in [1.82, 2.24) is 14.5 Å². The number of hydrogen-bond acceptors (Lipinski definition) is 3. The summed E-state index contributed by atoms with van der Waals surface area (Å²) in [5.74, 6) is -0.542. The molecular formula is C12H14FN3O2S. The van der Waals surface area contributed by atoms with Gasteiger partial charge < -0.3 is 0 Å². The molecule has 0 fully saturated rings. The Morgan fingerprint density at radius 2 is 2.00 bits per heavy atom. The zero-order valence-electron chi connectivity index (χ0n) is 10.2. The number of aromatic nitrogens is 2. The summed E-state index contributed by atoms with van der Waals surface area (Å²) in [7, 11) is -3.41. The van der Waals surface area contributed by atoms with Crippen LogP contribution >= 0.6 is 0 Å². The first kappa shape index (κ1) is 13.7. The molecule has 102 valence electrons. The lowest BCUT2D eigenvalue weighted by atomic mass is 10.2. The molecule has 0 unspecified atom stereocenters. The second kappa shape index (κ2) is 5.94. The van der Waals surface area contributed by atoms with Crippen LogP contribution in [0, 0.1) is 5.82 Å². The molecule has 0 aliphatic rings. The van der Waals surface area contributed by atoms with Crippen LogP contribution in [0.2, 0.25) is 0 Å². The second-order valence-electron chi connectivity index (χ2n) is 4.05. The Morgan fingerprint density at radius 3 is 2.63 bits per heavy atom. The molecule has 1 aromatic heterocycles. The Morgan fingerprint density at radius 1 is 1.26 bits per heavy atom. The van der Waals surface area contributed by atoms with Crippen molar-refractivity contribution in [3.05, 3.63) is 54.1 Å². The summed E-state index contributed by atoms with van der Waals surface area (Å²) in [5.41, 5.74) is 0.549. The van der Waals surface area contributed by atoms with Gasteiger partial charge in [0.2, 0.25) is 10.0 Å². The van der Waals surface area contributed by atoms with Gasteiger partial charge in [-0.3, -0.25) is 4.68 Å². The minimum absolute atomic E-state index is 0.160. The normalized spacial score (nSPS) is 11.6. The van der Waals surface area contributed by atoms with Gasteiger partial charge in [0.05, 0.1) is 12.3 Å². The van der Waals surface area contributed by atoms with Crippen LogP contribution in [0.5, 0.6) is 0 Å². The molecule has 2 aromatic rings. The van der Waals surface area contributed by atoms with Gasteiger partial charge in [0, 0.05) is 18.9 Å². The van der Waals surface area contributed by atoms with Gasteiger partial charge in [0.1, 0.15) is 5.82 Å². The van der Waals surface area contributed by atoms with Crippen molar-refractivity contribution in [2.75, 3.05) is 6.54 Å². The summed E-state index contributed by atoms with van der Waals surface area (Å²) >= 11 is 0. The summed E-state index contributed by atoms with van der Waals surface area (Å²) in [6.45, 7) is 0.737. The average molecular weight is 283 g/mol. The number of halogens is 1. The molecule has 5 nitrogen and oxygen atoms in total. The van der Waals surface area contributed by atoms with Gasteiger partial charge in [-0.25, -0.2) is 17.5 Å². The Labute approximate surface area is 111 Å². The molecular weight excluding hydrogens is 269 g/mol. The van der Waals surface area contributed by atoms with E-state index in [9.17, 15) is 12.8 Å². The summed E-state index contributed by atoms with van der Waals surface area (Å²) in [5, 5.41) is 3.97. The van der Waals surface area contributed by atoms with Crippen LogP contribution in [0.1, 0.15) is 5.56 Å². The molecule has 2 rings (SSSR count). The molecule has 1 N–H and O–H groups in total. The third-order valence-corrected chi connectivity index (χ3v) is 3.85. The Kier molecular flexibility index (Phi) is 4.28. The maximum Gasteiger partial charge on any atom is 0.215 e. The largest absolute Gasteiger partial charge is 0.271 e. The summed E-state index contributed by atoms with van der Waals surface area (Å²) in [6, 6.07) is 7.18. The number of nitrogens with one attached hydrogen (secondary N) is 1. The van der Waals surface area contributed by atoms with Gasteiger partial charge in [0.25, 0.3) is 0 Å². The Balaban J connectivity index is 1.86. The van der Waals surface area contributed by atoms with E-state index in [2.05, 4.69) is 9.82 Å². The molecule has 19 heavy (non-hydrogen) atoms. The number of benzene rings is 1. The molecule has 1 heterocycles. The summed E-state index contributed by atoms with van der Waals surface area (Å²) < 4.78 is 40.4. The fraction of sp³-hybridized carbons (Fsp3) is 0.250. The Hall–Kier alpha value is -1.73. The molecule has 7 heteroatoms. The van der Waals surface area contributed by atoms with Gasteiger partial charge in [-0.15, -0.1) is 0 Å². The minimum atomic E-state index is -3.41. The van der Waals surface area contributed by atoms with E-state index in [0.717, 1.165) is 0 Å². The van der Waals surface area contributed by atoms with Crippen molar-refractivity contribution in [2.24, 2.45) is 0 Å². The van der Waals surface area contributed by atoms with Gasteiger partial charge in [-0.1, -0.05) is 12.1 Å². The van der Waals surface area contributed by atoms with Crippen LogP contribution in [0.4, 0.5) is 4.39 Å². The van der Waals surface area contributed by atoms with E-state index >= 15 is 0 Å². The molecule has 0 saturated heterocycles. The van der Waals surface area contributed by atoms with Crippen molar-refractivity contribution in [2.45, 2.75) is 12.3 Å². The number of nitrogens with zero attached hydrogens (tertiary/aromatic N) is 2. The number of rotatable bonds is 6. The predicted molar refractivity (Wildman–Crippen MR) is 69.3 cm³/mol. The smallest absolute Gasteiger partial charge is 0.215 e. The number of sulfonamides is 1. The lowest BCUT2D eigenvalue weighted by molar-refractivity contribution is 0.560. The second-order valence-corrected chi connectivity index (χ2v) is 5.86. The quantitative estimate of drug-likeness (QED) is 0.864. The van der Waals surface area contributed by atoms with Gasteiger partial charge >= 0.3 is 0 Å². The highest BCUT2D eigenvalue weighted by molar-refractivity contribution is 7.88. The average Bonchev–Trinajstić information content (AvgIpc) is 2.85. The summed E-state index contributed by atoms with van der Waals surface area (Å²) in [4.78, 5) is 0. The molecule has 0 atom stereocenters. The van der Waals surface area contributed by atoms with Crippen molar-refractivity contribution < 1.29 is 12.8 Å². The molecule has 0 aliphatic heterocycles. The molecule has 0 bridgehead atoms. The van der Waals surface area contributed by atoms with Crippen LogP contribution in [-0.2, 0) is 22.3 Å². The Bertz CT molecular complexity index is 609. The van der Waals surface area contributed by atoms with E-state index in [4.69, 9.17) is 0 Å². The zero-order chi connectivity index (χ0) is 13.7. The van der Waals surface area contributed by atoms with E-state index in [1.807, 2.05) is 0 Å². The monoisotopic (exact) mass is 283 g/mol. The van der Waals surface area contributed by atoms with Gasteiger partial charge in [-0.05, 0) is 23.8 Å². The van der Waals surface area contributed by atoms with Crippen LogP contribution < -0.4 is 4.72 Å². The first-order chi connectivity index (χ1) is 9.05. The number of hydrogen-bond donors (Lipinski definition) is 1. The van der Waals surface area contributed by atoms with E-state index < -0.39 is 10.0 Å². The molecule has 0 aliphatic carbocycles. The SMILES string of the molecule is O=S(=O)(Cc1ccc(F)cc1)NCCn1cccn1. The van der Waals surface area contributed by atoms with Gasteiger partial charge in [0.15, 0.2) is 0 Å². The molecule has 0 radical (unpaired) electrons. The van der Waals surface area contributed by atoms with Crippen LogP contribution in [0.3, 0.4) is 0 Å². The fourth-order valence-electron chi connectivity index (χ4n) is 1.60. The predicted octanol–water partition coefficient (Wildman–Crippen LogP) is 1.14. The standard InChI is InChI=1S/C12H14FN3O2S/c13-12-4-2-11(3-5-12)10-19(17,18)15-7-9-16-8-1-6-14-16/h1-6,8,15H,7,9-10H2. The maximum absolute atomic E-state index is 12.7. The van der Waals surface area contributed by atoms with E-state index in [0.29, 0.717) is 12.1 Å². The van der Waals surface area contributed by atoms with Crippen LogP contribution in [0.15, 0.2) is 42.7 Å². The van der Waals surface area contributed by atoms with Crippen molar-refractivity contribution in [3.8, 4) is 0 Å². The fourth-order valence-corrected chi connectivity index (χ4v) is 2.74. The first-order valence-corrected chi connectivity index (χ1v) is 7.40. The maximum atomic E-state index is 12.7. The molecule has 0 saturated carbocycles. The van der Waals surface area contributed by atoms with E-state index in [1.165, 1.54) is 24.3 Å². The van der Waals surface area contributed by atoms with E-state index in [1.54, 1.807) is 23.1 Å². The highest BCUT2D eigenvalue weighted by Gasteiger charge is 2.10. The molecule has 0 spiro atoms. The minimum Gasteiger partial charge on any atom is -0.271 e. The first-order valence-electron chi connectivity index (χ1n) is 5.74. The zero-order valence-corrected chi connectivity index (χ0v) is 11.0. The molecule has 1 aromatic carbocycles. The van der Waals surface area contributed by atoms with Crippen molar-refractivity contribution >= 4 is 10.0 Å². The van der Waals surface area contributed by atoms with E-state index in [-0.39, 0.29) is 18.1 Å². The third-order valence-electron chi connectivity index (χ3n) is 2.49. The highest BCUT2D eigenvalue weighted by Crippen LogP contribution is 2.06. The van der Waals surface area contributed by atoms with Crippen LogP contribution in [-0.4, -0.2) is 24.7 Å².